The third-order valence-corrected chi connectivity index (χ3v) is 3.91. The van der Waals surface area contributed by atoms with E-state index in [1.54, 1.807) is 23.5 Å². The van der Waals surface area contributed by atoms with E-state index in [-0.39, 0.29) is 6.04 Å². The minimum absolute atomic E-state index is 0.236. The molecule has 0 aliphatic carbocycles. The number of nitrogens with one attached hydrogen (secondary N) is 2. The van der Waals surface area contributed by atoms with E-state index < -0.39 is 11.1 Å². The van der Waals surface area contributed by atoms with E-state index in [2.05, 4.69) is 9.97 Å². The van der Waals surface area contributed by atoms with Crippen LogP contribution in [0.25, 0.3) is 11.0 Å². The SMILES string of the molecule is NC(c1ccc2[nH]c(=O)c(=O)[nH]c2c1)c1cccs1. The van der Waals surface area contributed by atoms with Crippen LogP contribution in [0.1, 0.15) is 16.5 Å². The van der Waals surface area contributed by atoms with E-state index in [0.717, 1.165) is 10.4 Å². The van der Waals surface area contributed by atoms with Gasteiger partial charge < -0.3 is 15.7 Å². The lowest BCUT2D eigenvalue weighted by atomic mass is 10.1. The van der Waals surface area contributed by atoms with Crippen molar-refractivity contribution in [1.29, 1.82) is 0 Å². The molecule has 0 saturated carbocycles. The lowest BCUT2D eigenvalue weighted by Crippen LogP contribution is -2.29. The molecule has 3 aromatic rings. The standard InChI is InChI=1S/C13H11N3O2S/c14-11(10-2-1-5-19-10)7-3-4-8-9(6-7)16-13(18)12(17)15-8/h1-6,11H,14H2,(H,15,17)(H,16,18). The van der Waals surface area contributed by atoms with Crippen molar-refractivity contribution in [3.8, 4) is 0 Å². The second-order valence-electron chi connectivity index (χ2n) is 4.21. The molecule has 3 rings (SSSR count). The van der Waals surface area contributed by atoms with Gasteiger partial charge in [0, 0.05) is 4.88 Å². The lowest BCUT2D eigenvalue weighted by molar-refractivity contribution is 0.894. The van der Waals surface area contributed by atoms with Gasteiger partial charge in [-0.3, -0.25) is 9.59 Å². The molecule has 6 heteroatoms. The third kappa shape index (κ3) is 2.11. The summed E-state index contributed by atoms with van der Waals surface area (Å²) in [6.07, 6.45) is 0. The smallest absolute Gasteiger partial charge is 0.314 e. The highest BCUT2D eigenvalue weighted by atomic mass is 32.1. The normalized spacial score (nSPS) is 12.7. The van der Waals surface area contributed by atoms with Crippen LogP contribution in [-0.4, -0.2) is 9.97 Å². The molecule has 0 fully saturated rings. The van der Waals surface area contributed by atoms with E-state index in [0.29, 0.717) is 11.0 Å². The van der Waals surface area contributed by atoms with Gasteiger partial charge in [-0.05, 0) is 29.1 Å². The quantitative estimate of drug-likeness (QED) is 0.615. The molecule has 0 saturated heterocycles. The second-order valence-corrected chi connectivity index (χ2v) is 5.19. The maximum Gasteiger partial charge on any atom is 0.314 e. The highest BCUT2D eigenvalue weighted by Gasteiger charge is 2.11. The van der Waals surface area contributed by atoms with Crippen molar-refractivity contribution in [2.45, 2.75) is 6.04 Å². The summed E-state index contributed by atoms with van der Waals surface area (Å²) in [5.41, 5.74) is 6.91. The molecule has 1 atom stereocenters. The Kier molecular flexibility index (Phi) is 2.81. The molecule has 0 spiro atoms. The Morgan fingerprint density at radius 3 is 2.47 bits per heavy atom. The van der Waals surface area contributed by atoms with E-state index in [1.165, 1.54) is 0 Å². The Labute approximate surface area is 111 Å². The van der Waals surface area contributed by atoms with Gasteiger partial charge in [-0.15, -0.1) is 11.3 Å². The Morgan fingerprint density at radius 2 is 1.79 bits per heavy atom. The van der Waals surface area contributed by atoms with Gasteiger partial charge in [-0.25, -0.2) is 0 Å². The molecule has 0 bridgehead atoms. The van der Waals surface area contributed by atoms with Gasteiger partial charge in [-0.1, -0.05) is 12.1 Å². The Hall–Kier alpha value is -2.18. The van der Waals surface area contributed by atoms with Gasteiger partial charge in [0.2, 0.25) is 0 Å². The molecule has 4 N–H and O–H groups in total. The molecule has 96 valence electrons. The number of hydrogen-bond donors (Lipinski definition) is 3. The first kappa shape index (κ1) is 11.9. The molecule has 2 heterocycles. The summed E-state index contributed by atoms with van der Waals surface area (Å²) < 4.78 is 0. The third-order valence-electron chi connectivity index (χ3n) is 2.96. The average molecular weight is 273 g/mol. The van der Waals surface area contributed by atoms with Crippen LogP contribution < -0.4 is 16.9 Å². The van der Waals surface area contributed by atoms with Crippen molar-refractivity contribution in [3.05, 3.63) is 66.9 Å². The van der Waals surface area contributed by atoms with Crippen molar-refractivity contribution < 1.29 is 0 Å². The van der Waals surface area contributed by atoms with E-state index >= 15 is 0 Å². The maximum atomic E-state index is 11.3. The first-order valence-corrected chi connectivity index (χ1v) is 6.58. The first-order valence-electron chi connectivity index (χ1n) is 5.70. The number of H-pyrrole nitrogens is 2. The van der Waals surface area contributed by atoms with Crippen molar-refractivity contribution in [2.75, 3.05) is 0 Å². The number of aromatic amines is 2. The predicted octanol–water partition coefficient (Wildman–Crippen LogP) is 1.33. The molecule has 19 heavy (non-hydrogen) atoms. The molecule has 0 aliphatic rings. The van der Waals surface area contributed by atoms with Gasteiger partial charge in [0.25, 0.3) is 0 Å². The molecule has 1 unspecified atom stereocenters. The Bertz CT molecular complexity index is 833. The van der Waals surface area contributed by atoms with Gasteiger partial charge in [0.05, 0.1) is 17.1 Å². The van der Waals surface area contributed by atoms with E-state index in [1.807, 2.05) is 23.6 Å². The molecule has 2 aromatic heterocycles. The number of rotatable bonds is 2. The predicted molar refractivity (Wildman–Crippen MR) is 75.5 cm³/mol. The molecular weight excluding hydrogens is 262 g/mol. The topological polar surface area (TPSA) is 91.7 Å². The van der Waals surface area contributed by atoms with E-state index in [9.17, 15) is 9.59 Å². The second kappa shape index (κ2) is 4.49. The highest BCUT2D eigenvalue weighted by Crippen LogP contribution is 2.24. The lowest BCUT2D eigenvalue weighted by Gasteiger charge is -2.10. The summed E-state index contributed by atoms with van der Waals surface area (Å²) in [6, 6.07) is 9.06. The molecule has 0 amide bonds. The molecule has 5 nitrogen and oxygen atoms in total. The van der Waals surface area contributed by atoms with Crippen LogP contribution in [0.5, 0.6) is 0 Å². The number of benzene rings is 1. The van der Waals surface area contributed by atoms with E-state index in [4.69, 9.17) is 5.73 Å². The van der Waals surface area contributed by atoms with Crippen LogP contribution in [0.2, 0.25) is 0 Å². The van der Waals surface area contributed by atoms with Crippen LogP contribution in [0.15, 0.2) is 45.3 Å². The number of aromatic nitrogens is 2. The Balaban J connectivity index is 2.14. The van der Waals surface area contributed by atoms with Gasteiger partial charge in [0.1, 0.15) is 0 Å². The summed E-state index contributed by atoms with van der Waals surface area (Å²) in [5, 5.41) is 1.97. The van der Waals surface area contributed by atoms with Crippen molar-refractivity contribution in [1.82, 2.24) is 9.97 Å². The van der Waals surface area contributed by atoms with Crippen LogP contribution in [-0.2, 0) is 0 Å². The monoisotopic (exact) mass is 273 g/mol. The first-order chi connectivity index (χ1) is 9.15. The molecular formula is C13H11N3O2S. The number of fused-ring (bicyclic) bond motifs is 1. The minimum atomic E-state index is -0.658. The van der Waals surface area contributed by atoms with Crippen LogP contribution in [0.4, 0.5) is 0 Å². The van der Waals surface area contributed by atoms with Gasteiger partial charge in [0.15, 0.2) is 0 Å². The zero-order valence-corrected chi connectivity index (χ0v) is 10.7. The number of thiophene rings is 1. The summed E-state index contributed by atoms with van der Waals surface area (Å²) in [7, 11) is 0. The fourth-order valence-corrected chi connectivity index (χ4v) is 2.71. The number of nitrogens with two attached hydrogens (primary N) is 1. The minimum Gasteiger partial charge on any atom is -0.320 e. The fourth-order valence-electron chi connectivity index (χ4n) is 1.96. The van der Waals surface area contributed by atoms with Crippen LogP contribution >= 0.6 is 11.3 Å². The summed E-state index contributed by atoms with van der Waals surface area (Å²) in [4.78, 5) is 28.6. The van der Waals surface area contributed by atoms with Crippen molar-refractivity contribution in [3.63, 3.8) is 0 Å². The molecule has 0 aliphatic heterocycles. The largest absolute Gasteiger partial charge is 0.320 e. The van der Waals surface area contributed by atoms with Gasteiger partial charge >= 0.3 is 11.1 Å². The fraction of sp³-hybridized carbons (Fsp3) is 0.0769. The zero-order chi connectivity index (χ0) is 13.4. The van der Waals surface area contributed by atoms with Crippen molar-refractivity contribution >= 4 is 22.4 Å². The van der Waals surface area contributed by atoms with Crippen LogP contribution in [0, 0.1) is 0 Å². The average Bonchev–Trinajstić information content (AvgIpc) is 2.93. The highest BCUT2D eigenvalue weighted by molar-refractivity contribution is 7.10. The van der Waals surface area contributed by atoms with Gasteiger partial charge in [-0.2, -0.15) is 0 Å². The van der Waals surface area contributed by atoms with Crippen LogP contribution in [0.3, 0.4) is 0 Å². The van der Waals surface area contributed by atoms with Crippen molar-refractivity contribution in [2.24, 2.45) is 5.73 Å². The Morgan fingerprint density at radius 1 is 1.05 bits per heavy atom. The number of hydrogen-bond acceptors (Lipinski definition) is 4. The summed E-state index contributed by atoms with van der Waals surface area (Å²) in [5.74, 6) is 0. The molecule has 1 aromatic carbocycles. The maximum absolute atomic E-state index is 11.3. The summed E-state index contributed by atoms with van der Waals surface area (Å²) in [6.45, 7) is 0. The summed E-state index contributed by atoms with van der Waals surface area (Å²) >= 11 is 1.58. The zero-order valence-electron chi connectivity index (χ0n) is 9.84. The molecule has 0 radical (unpaired) electrons.